The molecule has 0 saturated heterocycles. The largest absolute Gasteiger partial charge is 0.497 e. The number of para-hydroxylation sites is 1. The van der Waals surface area contributed by atoms with Gasteiger partial charge in [0, 0.05) is 17.4 Å². The van der Waals surface area contributed by atoms with Crippen molar-refractivity contribution in [3.63, 3.8) is 0 Å². The summed E-state index contributed by atoms with van der Waals surface area (Å²) in [7, 11) is 1.60. The smallest absolute Gasteiger partial charge is 0.387 e. The van der Waals surface area contributed by atoms with Gasteiger partial charge >= 0.3 is 6.61 Å². The third-order valence-electron chi connectivity index (χ3n) is 3.22. The van der Waals surface area contributed by atoms with E-state index in [2.05, 4.69) is 14.7 Å². The molecule has 0 unspecified atom stereocenters. The maximum atomic E-state index is 12.4. The van der Waals surface area contributed by atoms with Crippen LogP contribution in [0.15, 0.2) is 47.6 Å². The second-order valence-corrected chi connectivity index (χ2v) is 5.66. The average Bonchev–Trinajstić information content (AvgIpc) is 2.95. The second-order valence-electron chi connectivity index (χ2n) is 4.70. The van der Waals surface area contributed by atoms with E-state index in [9.17, 15) is 8.78 Å². The van der Waals surface area contributed by atoms with Gasteiger partial charge in [0.2, 0.25) is 0 Å². The third kappa shape index (κ3) is 3.73. The molecule has 120 valence electrons. The molecule has 0 saturated carbocycles. The van der Waals surface area contributed by atoms with Crippen molar-refractivity contribution in [1.29, 1.82) is 0 Å². The lowest BCUT2D eigenvalue weighted by Crippen LogP contribution is -2.03. The van der Waals surface area contributed by atoms with E-state index >= 15 is 0 Å². The Bertz CT molecular complexity index is 808. The van der Waals surface area contributed by atoms with Gasteiger partial charge in [-0.1, -0.05) is 30.0 Å². The molecule has 0 aliphatic carbocycles. The molecule has 0 spiro atoms. The van der Waals surface area contributed by atoms with Crippen LogP contribution in [0.3, 0.4) is 0 Å². The Morgan fingerprint density at radius 3 is 2.83 bits per heavy atom. The van der Waals surface area contributed by atoms with Gasteiger partial charge in [-0.3, -0.25) is 0 Å². The number of fused-ring (bicyclic) bond motifs is 1. The van der Waals surface area contributed by atoms with Gasteiger partial charge in [-0.2, -0.15) is 8.78 Å². The number of hydrogen-bond donors (Lipinski definition) is 1. The number of hydrogen-bond acceptors (Lipinski definition) is 4. The van der Waals surface area contributed by atoms with Crippen molar-refractivity contribution in [3.8, 4) is 11.5 Å². The van der Waals surface area contributed by atoms with Crippen LogP contribution in [0, 0.1) is 0 Å². The quantitative estimate of drug-likeness (QED) is 0.675. The van der Waals surface area contributed by atoms with Gasteiger partial charge in [0.15, 0.2) is 5.16 Å². The van der Waals surface area contributed by atoms with E-state index in [-0.39, 0.29) is 5.75 Å². The van der Waals surface area contributed by atoms with Crippen molar-refractivity contribution in [1.82, 2.24) is 9.97 Å². The summed E-state index contributed by atoms with van der Waals surface area (Å²) < 4.78 is 34.5. The van der Waals surface area contributed by atoms with Gasteiger partial charge in [0.25, 0.3) is 0 Å². The lowest BCUT2D eigenvalue weighted by Gasteiger charge is -2.09. The average molecular weight is 336 g/mol. The number of nitrogens with zero attached hydrogens (tertiary/aromatic N) is 1. The van der Waals surface area contributed by atoms with Gasteiger partial charge < -0.3 is 14.5 Å². The number of thioether (sulfide) groups is 1. The summed E-state index contributed by atoms with van der Waals surface area (Å²) in [5.74, 6) is 1.40. The molecular weight excluding hydrogens is 322 g/mol. The van der Waals surface area contributed by atoms with Crippen LogP contribution in [0.5, 0.6) is 11.5 Å². The lowest BCUT2D eigenvalue weighted by atomic mass is 10.2. The predicted octanol–water partition coefficient (Wildman–Crippen LogP) is 4.47. The van der Waals surface area contributed by atoms with Gasteiger partial charge in [-0.05, 0) is 18.2 Å². The fraction of sp³-hybridized carbons (Fsp3) is 0.188. The first kappa shape index (κ1) is 15.6. The van der Waals surface area contributed by atoms with E-state index in [1.807, 2.05) is 18.2 Å². The number of halogens is 2. The highest BCUT2D eigenvalue weighted by Gasteiger charge is 2.11. The monoisotopic (exact) mass is 336 g/mol. The second kappa shape index (κ2) is 6.87. The molecule has 0 radical (unpaired) electrons. The van der Waals surface area contributed by atoms with Gasteiger partial charge in [0.1, 0.15) is 11.5 Å². The van der Waals surface area contributed by atoms with Gasteiger partial charge in [-0.15, -0.1) is 0 Å². The van der Waals surface area contributed by atoms with Crippen molar-refractivity contribution < 1.29 is 18.3 Å². The summed E-state index contributed by atoms with van der Waals surface area (Å²) in [6, 6.07) is 12.3. The number of ether oxygens (including phenoxy) is 2. The number of aromatic amines is 1. The molecule has 0 atom stereocenters. The summed E-state index contributed by atoms with van der Waals surface area (Å²) in [6.45, 7) is -2.83. The van der Waals surface area contributed by atoms with E-state index in [0.29, 0.717) is 16.5 Å². The number of methoxy groups -OCH3 is 1. The highest BCUT2D eigenvalue weighted by atomic mass is 32.2. The molecule has 0 aliphatic rings. The number of nitrogens with one attached hydrogen (secondary N) is 1. The molecule has 1 N–H and O–H groups in total. The zero-order valence-electron chi connectivity index (χ0n) is 12.3. The van der Waals surface area contributed by atoms with Crippen molar-refractivity contribution >= 4 is 22.8 Å². The number of benzene rings is 2. The Morgan fingerprint density at radius 2 is 2.04 bits per heavy atom. The Morgan fingerprint density at radius 1 is 1.22 bits per heavy atom. The number of alkyl halides is 2. The third-order valence-corrected chi connectivity index (χ3v) is 4.14. The highest BCUT2D eigenvalue weighted by molar-refractivity contribution is 7.98. The van der Waals surface area contributed by atoms with Crippen LogP contribution in [0.1, 0.15) is 5.56 Å². The first-order valence-corrected chi connectivity index (χ1v) is 7.83. The molecule has 23 heavy (non-hydrogen) atoms. The summed E-state index contributed by atoms with van der Waals surface area (Å²) in [4.78, 5) is 7.64. The highest BCUT2D eigenvalue weighted by Crippen LogP contribution is 2.29. The topological polar surface area (TPSA) is 47.1 Å². The zero-order chi connectivity index (χ0) is 16.2. The fourth-order valence-corrected chi connectivity index (χ4v) is 3.02. The van der Waals surface area contributed by atoms with Crippen LogP contribution >= 0.6 is 11.8 Å². The molecule has 2 aromatic carbocycles. The predicted molar refractivity (Wildman–Crippen MR) is 85.3 cm³/mol. The Kier molecular flexibility index (Phi) is 4.66. The normalized spacial score (nSPS) is 11.1. The lowest BCUT2D eigenvalue weighted by molar-refractivity contribution is -0.0503. The molecule has 1 aromatic heterocycles. The summed E-state index contributed by atoms with van der Waals surface area (Å²) in [5.41, 5.74) is 2.38. The molecule has 4 nitrogen and oxygen atoms in total. The Balaban J connectivity index is 1.76. The maximum Gasteiger partial charge on any atom is 0.387 e. The minimum Gasteiger partial charge on any atom is -0.497 e. The van der Waals surface area contributed by atoms with Crippen molar-refractivity contribution in [2.45, 2.75) is 17.5 Å². The van der Waals surface area contributed by atoms with Crippen LogP contribution in [-0.4, -0.2) is 23.7 Å². The fourth-order valence-electron chi connectivity index (χ4n) is 2.14. The van der Waals surface area contributed by atoms with E-state index in [0.717, 1.165) is 16.8 Å². The molecule has 0 fully saturated rings. The number of aromatic nitrogens is 2. The van der Waals surface area contributed by atoms with Gasteiger partial charge in [0.05, 0.1) is 18.1 Å². The number of H-pyrrole nitrogens is 1. The maximum absolute atomic E-state index is 12.4. The molecule has 7 heteroatoms. The van der Waals surface area contributed by atoms with Crippen molar-refractivity contribution in [2.75, 3.05) is 7.11 Å². The van der Waals surface area contributed by atoms with Crippen LogP contribution in [0.25, 0.3) is 11.0 Å². The minimum absolute atomic E-state index is 0.188. The van der Waals surface area contributed by atoms with Crippen LogP contribution in [0.4, 0.5) is 8.78 Å². The van der Waals surface area contributed by atoms with Crippen molar-refractivity contribution in [2.24, 2.45) is 0 Å². The first-order chi connectivity index (χ1) is 11.2. The SMILES string of the molecule is COc1ccc2nc(SCc3ccccc3OC(F)F)[nH]c2c1. The Hall–Kier alpha value is -2.28. The van der Waals surface area contributed by atoms with E-state index in [1.54, 1.807) is 25.3 Å². The zero-order valence-corrected chi connectivity index (χ0v) is 13.1. The molecule has 3 aromatic rings. The summed E-state index contributed by atoms with van der Waals surface area (Å²) in [5, 5.41) is 0.708. The molecule has 0 amide bonds. The van der Waals surface area contributed by atoms with Crippen LogP contribution < -0.4 is 9.47 Å². The molecule has 1 heterocycles. The van der Waals surface area contributed by atoms with Crippen LogP contribution in [0.2, 0.25) is 0 Å². The number of imidazole rings is 1. The summed E-state index contributed by atoms with van der Waals surface area (Å²) >= 11 is 1.42. The van der Waals surface area contributed by atoms with Crippen molar-refractivity contribution in [3.05, 3.63) is 48.0 Å². The standard InChI is InChI=1S/C16H14F2N2O2S/c1-21-11-6-7-12-13(8-11)20-16(19-12)23-9-10-4-2-3-5-14(10)22-15(17)18/h2-8,15H,9H2,1H3,(H,19,20). The number of rotatable bonds is 6. The first-order valence-electron chi connectivity index (χ1n) is 6.85. The summed E-state index contributed by atoms with van der Waals surface area (Å²) in [6.07, 6.45) is 0. The minimum atomic E-state index is -2.83. The van der Waals surface area contributed by atoms with Gasteiger partial charge in [-0.25, -0.2) is 4.98 Å². The molecule has 0 bridgehead atoms. The molecular formula is C16H14F2N2O2S. The molecule has 3 rings (SSSR count). The van der Waals surface area contributed by atoms with Crippen LogP contribution in [-0.2, 0) is 5.75 Å². The van der Waals surface area contributed by atoms with E-state index in [4.69, 9.17) is 4.74 Å². The van der Waals surface area contributed by atoms with E-state index < -0.39 is 6.61 Å². The Labute approximate surface area is 135 Å². The molecule has 0 aliphatic heterocycles. The van der Waals surface area contributed by atoms with E-state index in [1.165, 1.54) is 17.8 Å².